The third kappa shape index (κ3) is 19.4. The van der Waals surface area contributed by atoms with Crippen molar-refractivity contribution < 1.29 is 10.2 Å². The van der Waals surface area contributed by atoms with Gasteiger partial charge in [0.05, 0.1) is 0 Å². The molecule has 1 unspecified atom stereocenters. The number of benzene rings is 2. The minimum Gasteiger partial charge on any atom is -0.507 e. The van der Waals surface area contributed by atoms with Gasteiger partial charge in [-0.15, -0.1) is 0 Å². The minimum absolute atomic E-state index is 0.223. The number of hydrogen-bond donors (Lipinski definition) is 2. The Kier molecular flexibility index (Phi) is 21.9. The largest absolute Gasteiger partial charge is 0.507 e. The quantitative estimate of drug-likeness (QED) is 0.0843. The lowest BCUT2D eigenvalue weighted by molar-refractivity contribution is 0.465. The molecule has 2 heteroatoms. The second kappa shape index (κ2) is 25.5. The first kappa shape index (κ1) is 44.6. The lowest BCUT2D eigenvalue weighted by Gasteiger charge is -2.10. The Hall–Kier alpha value is -3.52. The van der Waals surface area contributed by atoms with Gasteiger partial charge >= 0.3 is 0 Å². The van der Waals surface area contributed by atoms with E-state index in [0.717, 1.165) is 37.2 Å². The van der Waals surface area contributed by atoms with E-state index in [9.17, 15) is 10.2 Å². The summed E-state index contributed by atoms with van der Waals surface area (Å²) in [6, 6.07) is 9.15. The van der Waals surface area contributed by atoms with Crippen molar-refractivity contribution in [3.05, 3.63) is 117 Å². The zero-order valence-corrected chi connectivity index (χ0v) is 34.7. The summed E-state index contributed by atoms with van der Waals surface area (Å²) in [5, 5.41) is 22.5. The van der Waals surface area contributed by atoms with Gasteiger partial charge in [0.2, 0.25) is 0 Å². The van der Waals surface area contributed by atoms with E-state index in [2.05, 4.69) is 105 Å². The molecule has 2 aromatic carbocycles. The van der Waals surface area contributed by atoms with Crippen molar-refractivity contribution in [3.63, 3.8) is 0 Å². The molecule has 2 aromatic rings. The highest BCUT2D eigenvalue weighted by Crippen LogP contribution is 2.35. The van der Waals surface area contributed by atoms with Crippen LogP contribution in [0.2, 0.25) is 0 Å². The Morgan fingerprint density at radius 3 is 1.44 bits per heavy atom. The van der Waals surface area contributed by atoms with E-state index >= 15 is 0 Å². The van der Waals surface area contributed by atoms with Crippen LogP contribution in [0.1, 0.15) is 164 Å². The highest BCUT2D eigenvalue weighted by molar-refractivity contribution is 5.94. The van der Waals surface area contributed by atoms with E-state index in [4.69, 9.17) is 0 Å². The monoisotopic (exact) mass is 707 g/mol. The van der Waals surface area contributed by atoms with Gasteiger partial charge < -0.3 is 10.2 Å². The Labute approximate surface area is 319 Å². The molecule has 2 rings (SSSR count). The fourth-order valence-corrected chi connectivity index (χ4v) is 6.71. The molecule has 0 fully saturated rings. The molecule has 0 aromatic heterocycles. The topological polar surface area (TPSA) is 40.5 Å². The second-order valence-electron chi connectivity index (χ2n) is 16.0. The summed E-state index contributed by atoms with van der Waals surface area (Å²) < 4.78 is 0. The summed E-state index contributed by atoms with van der Waals surface area (Å²) in [6.45, 7) is 20.4. The van der Waals surface area contributed by atoms with Crippen LogP contribution in [0.25, 0.3) is 10.8 Å². The molecule has 0 aliphatic rings. The lowest BCUT2D eigenvalue weighted by atomic mass is 9.96. The van der Waals surface area contributed by atoms with Crippen LogP contribution in [0.15, 0.2) is 112 Å². The van der Waals surface area contributed by atoms with Crippen molar-refractivity contribution in [1.29, 1.82) is 0 Å². The van der Waals surface area contributed by atoms with Gasteiger partial charge in [-0.1, -0.05) is 119 Å². The molecule has 0 saturated carbocycles. The Morgan fingerprint density at radius 2 is 0.942 bits per heavy atom. The average Bonchev–Trinajstić information content (AvgIpc) is 3.09. The zero-order valence-electron chi connectivity index (χ0n) is 34.7. The number of hydrogen-bond acceptors (Lipinski definition) is 2. The third-order valence-corrected chi connectivity index (χ3v) is 10.4. The number of aromatic hydroxyl groups is 2. The van der Waals surface area contributed by atoms with Crippen molar-refractivity contribution in [2.24, 2.45) is 5.92 Å². The van der Waals surface area contributed by atoms with Crippen LogP contribution < -0.4 is 0 Å². The maximum absolute atomic E-state index is 10.7. The third-order valence-electron chi connectivity index (χ3n) is 10.4. The van der Waals surface area contributed by atoms with Gasteiger partial charge in [-0.2, -0.15) is 0 Å². The Balaban J connectivity index is 1.58. The standard InChI is InChI=1S/C50H74O2/c1-38(2)19-12-20-39(3)21-13-22-40(4)23-14-24-41(5)25-15-26-42(6)27-16-28-43(7)29-17-30-44(8)31-18-32-45(9)35-36-46-37-49(51)47-33-10-11-34-48(47)50(46)52/h10-11,19,21,23,25,29,31,33-35,37,42,51-52H,12-18,20,22,24,26-28,30,32,36H2,1-9H3/b39-21+,40-23+,41-25+,43-29-,44-31+,45-35+. The molecule has 286 valence electrons. The Morgan fingerprint density at radius 1 is 0.519 bits per heavy atom. The number of phenolic OH excluding ortho intramolecular Hbond substituents is 2. The first-order chi connectivity index (χ1) is 24.8. The van der Waals surface area contributed by atoms with Gasteiger partial charge in [0.15, 0.2) is 0 Å². The van der Waals surface area contributed by atoms with Gasteiger partial charge in [-0.05, 0) is 164 Å². The van der Waals surface area contributed by atoms with Crippen LogP contribution in [0, 0.1) is 5.92 Å². The summed E-state index contributed by atoms with van der Waals surface area (Å²) in [5.74, 6) is 1.27. The summed E-state index contributed by atoms with van der Waals surface area (Å²) in [5.41, 5.74) is 11.1. The molecule has 0 heterocycles. The predicted molar refractivity (Wildman–Crippen MR) is 231 cm³/mol. The number of phenols is 2. The van der Waals surface area contributed by atoms with Crippen LogP contribution >= 0.6 is 0 Å². The summed E-state index contributed by atoms with van der Waals surface area (Å²) >= 11 is 0. The number of allylic oxidation sites excluding steroid dienone is 14. The first-order valence-electron chi connectivity index (χ1n) is 20.3. The predicted octanol–water partition coefficient (Wildman–Crippen LogP) is 15.9. The highest BCUT2D eigenvalue weighted by Gasteiger charge is 2.10. The fourth-order valence-electron chi connectivity index (χ4n) is 6.71. The summed E-state index contributed by atoms with van der Waals surface area (Å²) in [6.07, 6.45) is 35.0. The molecule has 2 N–H and O–H groups in total. The van der Waals surface area contributed by atoms with E-state index in [0.29, 0.717) is 17.2 Å². The molecule has 0 amide bonds. The van der Waals surface area contributed by atoms with Crippen molar-refractivity contribution in [2.45, 2.75) is 165 Å². The van der Waals surface area contributed by atoms with Crippen molar-refractivity contribution in [3.8, 4) is 11.5 Å². The van der Waals surface area contributed by atoms with E-state index in [-0.39, 0.29) is 11.5 Å². The van der Waals surface area contributed by atoms with E-state index in [1.807, 2.05) is 24.3 Å². The molecule has 1 atom stereocenters. The molecule has 0 saturated heterocycles. The van der Waals surface area contributed by atoms with Crippen molar-refractivity contribution in [1.82, 2.24) is 0 Å². The van der Waals surface area contributed by atoms with Crippen LogP contribution in [0.5, 0.6) is 11.5 Å². The number of rotatable bonds is 24. The van der Waals surface area contributed by atoms with Gasteiger partial charge in [0.25, 0.3) is 0 Å². The SMILES string of the molecule is CC(C)=CCC/C(C)=C/CC/C(C)=C/CC/C(C)=C/CCC(C)CCC/C(C)=C\CC/C(C)=C/CC/C(C)=C/Cc1cc(O)c2ccccc2c1O. The molecule has 0 aliphatic heterocycles. The normalized spacial score (nSPS) is 14.3. The molecule has 0 radical (unpaired) electrons. The number of fused-ring (bicyclic) bond motifs is 1. The van der Waals surface area contributed by atoms with Crippen LogP contribution in [0.4, 0.5) is 0 Å². The molecule has 2 nitrogen and oxygen atoms in total. The van der Waals surface area contributed by atoms with Crippen molar-refractivity contribution in [2.75, 3.05) is 0 Å². The van der Waals surface area contributed by atoms with Crippen LogP contribution in [-0.2, 0) is 6.42 Å². The van der Waals surface area contributed by atoms with E-state index < -0.39 is 0 Å². The Bertz CT molecular complexity index is 1580. The minimum atomic E-state index is 0.223. The average molecular weight is 707 g/mol. The molecule has 0 bridgehead atoms. The molecular formula is C50H74O2. The maximum Gasteiger partial charge on any atom is 0.127 e. The summed E-state index contributed by atoms with van der Waals surface area (Å²) in [7, 11) is 0. The lowest BCUT2D eigenvalue weighted by Crippen LogP contribution is -1.94. The molecule has 0 spiro atoms. The van der Waals surface area contributed by atoms with Crippen LogP contribution in [0.3, 0.4) is 0 Å². The highest BCUT2D eigenvalue weighted by atomic mass is 16.3. The zero-order chi connectivity index (χ0) is 38.3. The maximum atomic E-state index is 10.7. The van der Waals surface area contributed by atoms with E-state index in [1.165, 1.54) is 104 Å². The van der Waals surface area contributed by atoms with Crippen LogP contribution in [-0.4, -0.2) is 10.2 Å². The van der Waals surface area contributed by atoms with Gasteiger partial charge in [0.1, 0.15) is 11.5 Å². The molecule has 52 heavy (non-hydrogen) atoms. The first-order valence-corrected chi connectivity index (χ1v) is 20.3. The summed E-state index contributed by atoms with van der Waals surface area (Å²) in [4.78, 5) is 0. The molecule has 0 aliphatic carbocycles. The van der Waals surface area contributed by atoms with E-state index in [1.54, 1.807) is 11.6 Å². The van der Waals surface area contributed by atoms with Gasteiger partial charge in [-0.25, -0.2) is 0 Å². The van der Waals surface area contributed by atoms with Gasteiger partial charge in [-0.3, -0.25) is 0 Å². The van der Waals surface area contributed by atoms with Crippen molar-refractivity contribution >= 4 is 10.8 Å². The second-order valence-corrected chi connectivity index (χ2v) is 16.0. The fraction of sp³-hybridized carbons (Fsp3) is 0.520. The molecular weight excluding hydrogens is 633 g/mol. The smallest absolute Gasteiger partial charge is 0.127 e. The van der Waals surface area contributed by atoms with Gasteiger partial charge in [0, 0.05) is 16.3 Å².